The van der Waals surface area contributed by atoms with Gasteiger partial charge in [-0.3, -0.25) is 4.79 Å². The first-order valence-electron chi connectivity index (χ1n) is 6.93. The minimum Gasteiger partial charge on any atom is -0.480 e. The van der Waals surface area contributed by atoms with E-state index in [-0.39, 0.29) is 0 Å². The van der Waals surface area contributed by atoms with Crippen LogP contribution in [0.25, 0.3) is 0 Å². The molecule has 0 spiro atoms. The van der Waals surface area contributed by atoms with Crippen molar-refractivity contribution in [1.82, 2.24) is 5.32 Å². The van der Waals surface area contributed by atoms with Crippen LogP contribution in [-0.2, 0) is 4.79 Å². The van der Waals surface area contributed by atoms with E-state index < -0.39 is 12.0 Å². The number of carboxylic acid groups (broad SMARTS) is 1. The smallest absolute Gasteiger partial charge is 0.325 e. The summed E-state index contributed by atoms with van der Waals surface area (Å²) in [4.78, 5) is 11.4. The Morgan fingerprint density at radius 3 is 2.63 bits per heavy atom. The average Bonchev–Trinajstić information content (AvgIpc) is 3.02. The van der Waals surface area contributed by atoms with Gasteiger partial charge in [-0.1, -0.05) is 42.5 Å². The third kappa shape index (κ3) is 2.56. The lowest BCUT2D eigenvalue weighted by Gasteiger charge is -2.22. The summed E-state index contributed by atoms with van der Waals surface area (Å²) < 4.78 is 0. The molecular formula is C16H19NO2. The van der Waals surface area contributed by atoms with Crippen LogP contribution in [0.4, 0.5) is 0 Å². The summed E-state index contributed by atoms with van der Waals surface area (Å²) in [6.07, 6.45) is 7.08. The van der Waals surface area contributed by atoms with E-state index in [9.17, 15) is 9.90 Å². The lowest BCUT2D eigenvalue weighted by atomic mass is 9.93. The van der Waals surface area contributed by atoms with Crippen LogP contribution in [0.2, 0.25) is 0 Å². The van der Waals surface area contributed by atoms with Gasteiger partial charge in [0, 0.05) is 0 Å². The van der Waals surface area contributed by atoms with E-state index in [0.29, 0.717) is 11.8 Å². The van der Waals surface area contributed by atoms with E-state index in [1.54, 1.807) is 0 Å². The summed E-state index contributed by atoms with van der Waals surface area (Å²) in [5.41, 5.74) is 0.827. The molecule has 0 amide bonds. The van der Waals surface area contributed by atoms with Gasteiger partial charge in [-0.2, -0.15) is 0 Å². The highest BCUT2D eigenvalue weighted by molar-refractivity contribution is 5.75. The number of carboxylic acids is 1. The zero-order chi connectivity index (χ0) is 13.2. The average molecular weight is 257 g/mol. The third-order valence-electron chi connectivity index (χ3n) is 4.38. The van der Waals surface area contributed by atoms with Gasteiger partial charge < -0.3 is 10.4 Å². The molecule has 1 saturated carbocycles. The molecule has 0 aromatic heterocycles. The molecular weight excluding hydrogens is 238 g/mol. The van der Waals surface area contributed by atoms with Gasteiger partial charge in [0.1, 0.15) is 6.04 Å². The predicted molar refractivity (Wildman–Crippen MR) is 73.7 cm³/mol. The van der Waals surface area contributed by atoms with Gasteiger partial charge in [-0.25, -0.2) is 0 Å². The zero-order valence-electron chi connectivity index (χ0n) is 10.8. The Bertz CT molecular complexity index is 483. The van der Waals surface area contributed by atoms with Crippen LogP contribution in [0.3, 0.4) is 0 Å². The second kappa shape index (κ2) is 5.17. The van der Waals surface area contributed by atoms with Crippen molar-refractivity contribution in [3.8, 4) is 0 Å². The van der Waals surface area contributed by atoms with E-state index in [0.717, 1.165) is 18.0 Å². The summed E-state index contributed by atoms with van der Waals surface area (Å²) in [5.74, 6) is 1.19. The third-order valence-corrected chi connectivity index (χ3v) is 4.38. The summed E-state index contributed by atoms with van der Waals surface area (Å²) in [6, 6.07) is 8.81. The van der Waals surface area contributed by atoms with Crippen molar-refractivity contribution in [2.75, 3.05) is 6.54 Å². The van der Waals surface area contributed by atoms with Crippen molar-refractivity contribution in [1.29, 1.82) is 0 Å². The molecule has 0 heterocycles. The maximum Gasteiger partial charge on any atom is 0.325 e. The topological polar surface area (TPSA) is 49.3 Å². The van der Waals surface area contributed by atoms with Crippen LogP contribution in [0.1, 0.15) is 24.4 Å². The Kier molecular flexibility index (Phi) is 3.38. The zero-order valence-corrected chi connectivity index (χ0v) is 10.8. The van der Waals surface area contributed by atoms with E-state index in [2.05, 4.69) is 17.5 Å². The molecule has 3 heteroatoms. The van der Waals surface area contributed by atoms with Crippen molar-refractivity contribution < 1.29 is 9.90 Å². The number of allylic oxidation sites excluding steroid dienone is 2. The SMILES string of the molecule is O=C(O)C(NCC1CC2C=CC1C2)c1ccccc1. The molecule has 3 nitrogen and oxygen atoms in total. The monoisotopic (exact) mass is 257 g/mol. The number of hydrogen-bond donors (Lipinski definition) is 2. The highest BCUT2D eigenvalue weighted by atomic mass is 16.4. The Balaban J connectivity index is 1.63. The molecule has 2 bridgehead atoms. The number of fused-ring (bicyclic) bond motifs is 2. The van der Waals surface area contributed by atoms with Crippen molar-refractivity contribution >= 4 is 5.97 Å². The van der Waals surface area contributed by atoms with E-state index in [1.807, 2.05) is 30.3 Å². The molecule has 3 rings (SSSR count). The first-order valence-corrected chi connectivity index (χ1v) is 6.93. The molecule has 0 aliphatic heterocycles. The molecule has 100 valence electrons. The number of nitrogens with one attached hydrogen (secondary N) is 1. The van der Waals surface area contributed by atoms with Crippen molar-refractivity contribution in [3.05, 3.63) is 48.0 Å². The van der Waals surface area contributed by atoms with E-state index >= 15 is 0 Å². The molecule has 4 atom stereocenters. The highest BCUT2D eigenvalue weighted by Gasteiger charge is 2.35. The van der Waals surface area contributed by atoms with Gasteiger partial charge in [0.15, 0.2) is 0 Å². The lowest BCUT2D eigenvalue weighted by molar-refractivity contribution is -0.139. The summed E-state index contributed by atoms with van der Waals surface area (Å²) in [6.45, 7) is 0.789. The van der Waals surface area contributed by atoms with Crippen LogP contribution in [0, 0.1) is 17.8 Å². The van der Waals surface area contributed by atoms with Crippen molar-refractivity contribution in [3.63, 3.8) is 0 Å². The largest absolute Gasteiger partial charge is 0.480 e. The summed E-state index contributed by atoms with van der Waals surface area (Å²) >= 11 is 0. The van der Waals surface area contributed by atoms with Gasteiger partial charge >= 0.3 is 5.97 Å². The molecule has 2 N–H and O–H groups in total. The summed E-state index contributed by atoms with van der Waals surface area (Å²) in [5, 5.41) is 12.6. The second-order valence-corrected chi connectivity index (χ2v) is 5.63. The molecule has 1 fully saturated rings. The van der Waals surface area contributed by atoms with Crippen LogP contribution < -0.4 is 5.32 Å². The first-order chi connectivity index (χ1) is 9.24. The minimum atomic E-state index is -0.801. The van der Waals surface area contributed by atoms with Crippen LogP contribution in [-0.4, -0.2) is 17.6 Å². The molecule has 0 radical (unpaired) electrons. The highest BCUT2D eigenvalue weighted by Crippen LogP contribution is 2.43. The van der Waals surface area contributed by atoms with E-state index in [1.165, 1.54) is 12.8 Å². The number of hydrogen-bond acceptors (Lipinski definition) is 2. The Hall–Kier alpha value is -1.61. The van der Waals surface area contributed by atoms with Gasteiger partial charge in [0.05, 0.1) is 0 Å². The van der Waals surface area contributed by atoms with Gasteiger partial charge in [0.25, 0.3) is 0 Å². The molecule has 2 aliphatic carbocycles. The lowest BCUT2D eigenvalue weighted by Crippen LogP contribution is -2.33. The predicted octanol–water partition coefficient (Wildman–Crippen LogP) is 2.61. The number of carbonyl (C=O) groups is 1. The number of benzene rings is 1. The van der Waals surface area contributed by atoms with Crippen LogP contribution in [0.15, 0.2) is 42.5 Å². The standard InChI is InChI=1S/C16H19NO2/c18-16(19)15(12-4-2-1-3-5-12)17-10-14-9-11-6-7-13(14)8-11/h1-7,11,13-15,17H,8-10H2,(H,18,19). The minimum absolute atomic E-state index is 0.593. The number of rotatable bonds is 5. The van der Waals surface area contributed by atoms with Crippen molar-refractivity contribution in [2.45, 2.75) is 18.9 Å². The maximum absolute atomic E-state index is 11.4. The fraction of sp³-hybridized carbons (Fsp3) is 0.438. The van der Waals surface area contributed by atoms with E-state index in [4.69, 9.17) is 0 Å². The fourth-order valence-corrected chi connectivity index (χ4v) is 3.39. The molecule has 2 aliphatic rings. The molecule has 19 heavy (non-hydrogen) atoms. The number of aliphatic carboxylic acids is 1. The molecule has 1 aromatic carbocycles. The van der Waals surface area contributed by atoms with Gasteiger partial charge in [0.2, 0.25) is 0 Å². The first kappa shape index (κ1) is 12.4. The van der Waals surface area contributed by atoms with Gasteiger partial charge in [-0.05, 0) is 42.7 Å². The summed E-state index contributed by atoms with van der Waals surface area (Å²) in [7, 11) is 0. The quantitative estimate of drug-likeness (QED) is 0.797. The Morgan fingerprint density at radius 2 is 2.05 bits per heavy atom. The van der Waals surface area contributed by atoms with Crippen LogP contribution >= 0.6 is 0 Å². The van der Waals surface area contributed by atoms with Crippen LogP contribution in [0.5, 0.6) is 0 Å². The molecule has 1 aromatic rings. The molecule has 4 unspecified atom stereocenters. The van der Waals surface area contributed by atoms with Gasteiger partial charge in [-0.15, -0.1) is 0 Å². The second-order valence-electron chi connectivity index (χ2n) is 5.63. The fourth-order valence-electron chi connectivity index (χ4n) is 3.39. The van der Waals surface area contributed by atoms with Crippen molar-refractivity contribution in [2.24, 2.45) is 17.8 Å². The Labute approximate surface area is 113 Å². The normalized spacial score (nSPS) is 29.6. The maximum atomic E-state index is 11.4. The Morgan fingerprint density at radius 1 is 1.26 bits per heavy atom. The molecule has 0 saturated heterocycles.